The standard InChI is InChI=1S/C21H29N3O3/c25-19(12-20-8-15-7-16(9-20)11-21(26,10-15)14-20)23-17-1-2-18(22-13-17)24-3-5-27-6-4-24/h1-2,13,15-16,26H,3-12,14H2,(H,23,25). The lowest BCUT2D eigenvalue weighted by Gasteiger charge is -2.60. The van der Waals surface area contributed by atoms with Crippen LogP contribution in [0.5, 0.6) is 0 Å². The minimum absolute atomic E-state index is 0.00405. The second-order valence-electron chi connectivity index (χ2n) is 9.41. The largest absolute Gasteiger partial charge is 0.390 e. The van der Waals surface area contributed by atoms with Crippen molar-refractivity contribution in [3.8, 4) is 0 Å². The molecule has 1 aromatic heterocycles. The molecule has 2 atom stereocenters. The first-order valence-electron chi connectivity index (χ1n) is 10.3. The molecule has 0 spiro atoms. The van der Waals surface area contributed by atoms with Gasteiger partial charge in [-0.2, -0.15) is 0 Å². The Labute approximate surface area is 160 Å². The monoisotopic (exact) mass is 371 g/mol. The van der Waals surface area contributed by atoms with Crippen LogP contribution in [0, 0.1) is 17.3 Å². The summed E-state index contributed by atoms with van der Waals surface area (Å²) in [5.41, 5.74) is 0.246. The summed E-state index contributed by atoms with van der Waals surface area (Å²) in [5.74, 6) is 2.21. The van der Waals surface area contributed by atoms with Gasteiger partial charge in [-0.3, -0.25) is 4.79 Å². The zero-order chi connectivity index (χ0) is 18.5. The smallest absolute Gasteiger partial charge is 0.224 e. The molecule has 0 aromatic carbocycles. The molecule has 6 heteroatoms. The number of aliphatic hydroxyl groups is 1. The van der Waals surface area contributed by atoms with E-state index < -0.39 is 5.60 Å². The maximum atomic E-state index is 12.7. The van der Waals surface area contributed by atoms with Crippen LogP contribution < -0.4 is 10.2 Å². The Balaban J connectivity index is 1.22. The highest BCUT2D eigenvalue weighted by Gasteiger charge is 2.57. The molecule has 4 aliphatic carbocycles. The van der Waals surface area contributed by atoms with Gasteiger partial charge in [-0.05, 0) is 67.9 Å². The van der Waals surface area contributed by atoms with Gasteiger partial charge in [0.2, 0.25) is 5.91 Å². The van der Waals surface area contributed by atoms with E-state index in [-0.39, 0.29) is 11.3 Å². The Bertz CT molecular complexity index is 700. The number of hydrogen-bond acceptors (Lipinski definition) is 5. The number of carbonyl (C=O) groups excluding carboxylic acids is 1. The predicted molar refractivity (Wildman–Crippen MR) is 103 cm³/mol. The maximum absolute atomic E-state index is 12.7. The van der Waals surface area contributed by atoms with Crippen LogP contribution in [-0.2, 0) is 9.53 Å². The molecule has 27 heavy (non-hydrogen) atoms. The Morgan fingerprint density at radius 2 is 1.96 bits per heavy atom. The quantitative estimate of drug-likeness (QED) is 0.851. The second-order valence-corrected chi connectivity index (χ2v) is 9.41. The fraction of sp³-hybridized carbons (Fsp3) is 0.714. The van der Waals surface area contributed by atoms with Crippen molar-refractivity contribution >= 4 is 17.4 Å². The average Bonchev–Trinajstić information content (AvgIpc) is 2.60. The first-order chi connectivity index (χ1) is 13.0. The number of amides is 1. The molecular formula is C21H29N3O3. The lowest BCUT2D eigenvalue weighted by molar-refractivity contribution is -0.167. The van der Waals surface area contributed by atoms with Crippen molar-refractivity contribution in [3.05, 3.63) is 18.3 Å². The molecule has 146 valence electrons. The highest BCUT2D eigenvalue weighted by Crippen LogP contribution is 2.62. The number of pyridine rings is 1. The van der Waals surface area contributed by atoms with E-state index in [9.17, 15) is 9.90 Å². The molecule has 6 nitrogen and oxygen atoms in total. The zero-order valence-corrected chi connectivity index (χ0v) is 15.8. The molecule has 5 aliphatic rings. The molecule has 1 aromatic rings. The summed E-state index contributed by atoms with van der Waals surface area (Å²) in [7, 11) is 0. The van der Waals surface area contributed by atoms with Gasteiger partial charge in [0.25, 0.3) is 0 Å². The van der Waals surface area contributed by atoms with E-state index in [1.807, 2.05) is 12.1 Å². The summed E-state index contributed by atoms with van der Waals surface area (Å²) >= 11 is 0. The van der Waals surface area contributed by atoms with E-state index in [4.69, 9.17) is 4.74 Å². The third-order valence-electron chi connectivity index (χ3n) is 7.05. The van der Waals surface area contributed by atoms with E-state index in [0.717, 1.165) is 69.9 Å². The molecule has 1 saturated heterocycles. The Morgan fingerprint density at radius 1 is 1.22 bits per heavy atom. The number of aromatic nitrogens is 1. The van der Waals surface area contributed by atoms with Crippen molar-refractivity contribution in [3.63, 3.8) is 0 Å². The predicted octanol–water partition coefficient (Wildman–Crippen LogP) is 2.58. The van der Waals surface area contributed by atoms with Gasteiger partial charge >= 0.3 is 0 Å². The van der Waals surface area contributed by atoms with E-state index in [2.05, 4.69) is 15.2 Å². The van der Waals surface area contributed by atoms with Crippen LogP contribution >= 0.6 is 0 Å². The molecule has 2 unspecified atom stereocenters. The van der Waals surface area contributed by atoms with Crippen molar-refractivity contribution in [2.24, 2.45) is 17.3 Å². The fourth-order valence-electron chi connectivity index (χ4n) is 6.59. The second kappa shape index (κ2) is 6.45. The molecule has 2 N–H and O–H groups in total. The van der Waals surface area contributed by atoms with Gasteiger partial charge in [-0.25, -0.2) is 4.98 Å². The highest BCUT2D eigenvalue weighted by molar-refractivity contribution is 5.91. The number of ether oxygens (including phenoxy) is 1. The third-order valence-corrected chi connectivity index (χ3v) is 7.05. The molecule has 0 radical (unpaired) electrons. The molecular weight excluding hydrogens is 342 g/mol. The van der Waals surface area contributed by atoms with Gasteiger partial charge in [0.05, 0.1) is 30.7 Å². The van der Waals surface area contributed by atoms with Gasteiger partial charge in [-0.15, -0.1) is 0 Å². The third kappa shape index (κ3) is 3.45. The van der Waals surface area contributed by atoms with Crippen molar-refractivity contribution in [1.82, 2.24) is 4.98 Å². The SMILES string of the molecule is O=C(CC12CC3CC(CC(O)(C3)C1)C2)Nc1ccc(N2CCOCC2)nc1. The number of hydrogen-bond donors (Lipinski definition) is 2. The summed E-state index contributed by atoms with van der Waals surface area (Å²) in [6.07, 6.45) is 8.41. The Hall–Kier alpha value is -1.66. The van der Waals surface area contributed by atoms with Crippen molar-refractivity contribution < 1.29 is 14.6 Å². The van der Waals surface area contributed by atoms with Gasteiger partial charge in [0.1, 0.15) is 5.82 Å². The molecule has 4 bridgehead atoms. The molecule has 1 amide bonds. The first-order valence-corrected chi connectivity index (χ1v) is 10.3. The van der Waals surface area contributed by atoms with Crippen LogP contribution in [0.15, 0.2) is 18.3 Å². The van der Waals surface area contributed by atoms with Gasteiger partial charge in [0, 0.05) is 19.5 Å². The Kier molecular flexibility index (Phi) is 4.17. The summed E-state index contributed by atoms with van der Waals surface area (Å²) in [4.78, 5) is 19.4. The molecule has 1 aliphatic heterocycles. The molecule has 6 rings (SSSR count). The molecule has 4 saturated carbocycles. The topological polar surface area (TPSA) is 74.7 Å². The van der Waals surface area contributed by atoms with Crippen LogP contribution in [0.25, 0.3) is 0 Å². The van der Waals surface area contributed by atoms with Crippen molar-refractivity contribution in [1.29, 1.82) is 0 Å². The minimum atomic E-state index is -0.508. The summed E-state index contributed by atoms with van der Waals surface area (Å²) in [6, 6.07) is 3.90. The van der Waals surface area contributed by atoms with Crippen molar-refractivity contribution in [2.75, 3.05) is 36.5 Å². The van der Waals surface area contributed by atoms with Crippen LogP contribution in [0.4, 0.5) is 11.5 Å². The summed E-state index contributed by atoms with van der Waals surface area (Å²) in [6.45, 7) is 3.17. The summed E-state index contributed by atoms with van der Waals surface area (Å²) < 4.78 is 5.38. The highest BCUT2D eigenvalue weighted by atomic mass is 16.5. The van der Waals surface area contributed by atoms with Crippen LogP contribution in [0.1, 0.15) is 44.9 Å². The average molecular weight is 371 g/mol. The summed E-state index contributed by atoms with van der Waals surface area (Å²) in [5, 5.41) is 13.9. The fourth-order valence-corrected chi connectivity index (χ4v) is 6.59. The number of anilines is 2. The number of morpholine rings is 1. The van der Waals surface area contributed by atoms with E-state index in [0.29, 0.717) is 18.3 Å². The van der Waals surface area contributed by atoms with Gasteiger partial charge in [0.15, 0.2) is 0 Å². The number of nitrogens with one attached hydrogen (secondary N) is 1. The number of rotatable bonds is 4. The van der Waals surface area contributed by atoms with E-state index in [1.54, 1.807) is 6.20 Å². The minimum Gasteiger partial charge on any atom is -0.390 e. The number of carbonyl (C=O) groups is 1. The number of nitrogens with zero attached hydrogens (tertiary/aromatic N) is 2. The molecule has 5 fully saturated rings. The van der Waals surface area contributed by atoms with Crippen LogP contribution in [0.2, 0.25) is 0 Å². The lowest BCUT2D eigenvalue weighted by Crippen LogP contribution is -2.56. The lowest BCUT2D eigenvalue weighted by atomic mass is 9.47. The first kappa shape index (κ1) is 17.4. The van der Waals surface area contributed by atoms with Gasteiger partial charge < -0.3 is 20.1 Å². The zero-order valence-electron chi connectivity index (χ0n) is 15.8. The maximum Gasteiger partial charge on any atom is 0.224 e. The molecule has 2 heterocycles. The normalized spacial score (nSPS) is 37.4. The van der Waals surface area contributed by atoms with Crippen molar-refractivity contribution in [2.45, 2.75) is 50.5 Å². The van der Waals surface area contributed by atoms with E-state index in [1.165, 1.54) is 6.42 Å². The van der Waals surface area contributed by atoms with E-state index >= 15 is 0 Å². The van der Waals surface area contributed by atoms with Crippen LogP contribution in [0.3, 0.4) is 0 Å². The Morgan fingerprint density at radius 3 is 2.59 bits per heavy atom. The van der Waals surface area contributed by atoms with Crippen LogP contribution in [-0.4, -0.2) is 47.9 Å². The van der Waals surface area contributed by atoms with Gasteiger partial charge in [-0.1, -0.05) is 0 Å².